The number of benzene rings is 1. The summed E-state index contributed by atoms with van der Waals surface area (Å²) in [6.45, 7) is 4.39. The molecule has 0 radical (unpaired) electrons. The van der Waals surface area contributed by atoms with Crippen molar-refractivity contribution in [3.05, 3.63) is 47.5 Å². The van der Waals surface area contributed by atoms with Crippen LogP contribution in [0, 0.1) is 12.7 Å². The van der Waals surface area contributed by atoms with Crippen molar-refractivity contribution >= 4 is 11.6 Å². The van der Waals surface area contributed by atoms with Crippen LogP contribution < -0.4 is 5.32 Å². The van der Waals surface area contributed by atoms with E-state index in [1.54, 1.807) is 29.9 Å². The van der Waals surface area contributed by atoms with Gasteiger partial charge in [-0.25, -0.2) is 4.39 Å². The van der Waals surface area contributed by atoms with Crippen molar-refractivity contribution in [1.29, 1.82) is 0 Å². The summed E-state index contributed by atoms with van der Waals surface area (Å²) >= 11 is 0. The van der Waals surface area contributed by atoms with Gasteiger partial charge < -0.3 is 5.32 Å². The molecule has 1 N–H and O–H groups in total. The molecule has 0 unspecified atom stereocenters. The lowest BCUT2D eigenvalue weighted by Gasteiger charge is -2.06. The number of halogens is 1. The molecule has 0 atom stereocenters. The van der Waals surface area contributed by atoms with Crippen LogP contribution in [0.4, 0.5) is 10.1 Å². The summed E-state index contributed by atoms with van der Waals surface area (Å²) < 4.78 is 14.6. The van der Waals surface area contributed by atoms with E-state index in [1.807, 2.05) is 6.92 Å². The molecule has 0 saturated carbocycles. The highest BCUT2D eigenvalue weighted by atomic mass is 19.1. The Morgan fingerprint density at radius 2 is 2.22 bits per heavy atom. The molecule has 1 heterocycles. The Kier molecular flexibility index (Phi) is 3.41. The molecule has 0 aliphatic carbocycles. The molecule has 1 aromatic heterocycles. The molecule has 4 nitrogen and oxygen atoms in total. The monoisotopic (exact) mass is 247 g/mol. The van der Waals surface area contributed by atoms with E-state index in [9.17, 15) is 9.18 Å². The third kappa shape index (κ3) is 2.56. The van der Waals surface area contributed by atoms with Gasteiger partial charge in [-0.3, -0.25) is 9.48 Å². The Morgan fingerprint density at radius 1 is 1.44 bits per heavy atom. The molecule has 0 aliphatic rings. The van der Waals surface area contributed by atoms with Crippen molar-refractivity contribution in [2.45, 2.75) is 20.4 Å². The van der Waals surface area contributed by atoms with Gasteiger partial charge in [0, 0.05) is 18.4 Å². The van der Waals surface area contributed by atoms with Crippen molar-refractivity contribution in [1.82, 2.24) is 9.78 Å². The number of aryl methyl sites for hydroxylation is 2. The summed E-state index contributed by atoms with van der Waals surface area (Å²) in [7, 11) is 0. The minimum Gasteiger partial charge on any atom is -0.320 e. The molecule has 0 fully saturated rings. The van der Waals surface area contributed by atoms with Crippen LogP contribution in [0.1, 0.15) is 23.0 Å². The van der Waals surface area contributed by atoms with Crippen LogP contribution in [0.15, 0.2) is 30.5 Å². The lowest BCUT2D eigenvalue weighted by Crippen LogP contribution is -2.14. The zero-order valence-electron chi connectivity index (χ0n) is 10.3. The van der Waals surface area contributed by atoms with E-state index in [-0.39, 0.29) is 11.7 Å². The van der Waals surface area contributed by atoms with E-state index in [4.69, 9.17) is 0 Å². The zero-order valence-corrected chi connectivity index (χ0v) is 10.3. The molecule has 0 spiro atoms. The first-order chi connectivity index (χ1) is 8.60. The lowest BCUT2D eigenvalue weighted by atomic mass is 10.2. The van der Waals surface area contributed by atoms with Crippen molar-refractivity contribution in [2.24, 2.45) is 0 Å². The van der Waals surface area contributed by atoms with Crippen LogP contribution in [0.25, 0.3) is 0 Å². The van der Waals surface area contributed by atoms with Gasteiger partial charge in [0.15, 0.2) is 5.69 Å². The van der Waals surface area contributed by atoms with Crippen LogP contribution in [0.2, 0.25) is 0 Å². The first kappa shape index (κ1) is 12.3. The van der Waals surface area contributed by atoms with Gasteiger partial charge in [-0.1, -0.05) is 0 Å². The molecule has 94 valence electrons. The second-order valence-corrected chi connectivity index (χ2v) is 3.97. The van der Waals surface area contributed by atoms with Crippen molar-refractivity contribution < 1.29 is 9.18 Å². The molecule has 2 rings (SSSR count). The molecular weight excluding hydrogens is 233 g/mol. The Labute approximate surface area is 104 Å². The number of amides is 1. The third-order valence-electron chi connectivity index (χ3n) is 2.63. The van der Waals surface area contributed by atoms with Crippen molar-refractivity contribution in [3.8, 4) is 0 Å². The predicted octanol–water partition coefficient (Wildman–Crippen LogP) is 2.60. The summed E-state index contributed by atoms with van der Waals surface area (Å²) in [5, 5.41) is 6.81. The Bertz CT molecular complexity index is 577. The van der Waals surface area contributed by atoms with Gasteiger partial charge >= 0.3 is 0 Å². The molecule has 0 bridgehead atoms. The van der Waals surface area contributed by atoms with E-state index in [2.05, 4.69) is 10.4 Å². The summed E-state index contributed by atoms with van der Waals surface area (Å²) in [5.41, 5.74) is 1.62. The summed E-state index contributed by atoms with van der Waals surface area (Å²) in [6.07, 6.45) is 1.74. The van der Waals surface area contributed by atoms with Crippen LogP contribution in [0.3, 0.4) is 0 Å². The fourth-order valence-electron chi connectivity index (χ4n) is 1.61. The number of carbonyl (C=O) groups is 1. The Morgan fingerprint density at radius 3 is 2.83 bits per heavy atom. The quantitative estimate of drug-likeness (QED) is 0.906. The number of nitrogens with zero attached hydrogens (tertiary/aromatic N) is 2. The van der Waals surface area contributed by atoms with Crippen LogP contribution in [0.5, 0.6) is 0 Å². The molecule has 1 amide bonds. The van der Waals surface area contributed by atoms with Crippen LogP contribution in [-0.4, -0.2) is 15.7 Å². The molecule has 18 heavy (non-hydrogen) atoms. The summed E-state index contributed by atoms with van der Waals surface area (Å²) in [5.74, 6) is -0.613. The van der Waals surface area contributed by atoms with E-state index < -0.39 is 0 Å². The molecule has 2 aromatic rings. The fraction of sp³-hybridized carbons (Fsp3) is 0.231. The molecule has 5 heteroatoms. The Balaban J connectivity index is 2.16. The summed E-state index contributed by atoms with van der Waals surface area (Å²) in [4.78, 5) is 11.9. The average molecular weight is 247 g/mol. The minimum atomic E-state index is -0.319. The molecule has 0 saturated heterocycles. The molecular formula is C13H14FN3O. The lowest BCUT2D eigenvalue weighted by molar-refractivity contribution is 0.102. The first-order valence-corrected chi connectivity index (χ1v) is 5.71. The zero-order chi connectivity index (χ0) is 13.1. The van der Waals surface area contributed by atoms with Gasteiger partial charge in [-0.2, -0.15) is 5.10 Å². The maximum atomic E-state index is 12.9. The number of hydrogen-bond donors (Lipinski definition) is 1. The first-order valence-electron chi connectivity index (χ1n) is 5.71. The number of carbonyl (C=O) groups excluding carboxylic acids is 1. The SMILES string of the molecule is CCn1ccc(C(=O)Nc2ccc(F)cc2C)n1. The maximum Gasteiger partial charge on any atom is 0.276 e. The van der Waals surface area contributed by atoms with Gasteiger partial charge in [0.2, 0.25) is 0 Å². The number of aromatic nitrogens is 2. The number of nitrogens with one attached hydrogen (secondary N) is 1. The topological polar surface area (TPSA) is 46.9 Å². The molecule has 1 aromatic carbocycles. The van der Waals surface area contributed by atoms with Crippen LogP contribution in [-0.2, 0) is 6.54 Å². The van der Waals surface area contributed by atoms with E-state index in [0.29, 0.717) is 23.5 Å². The highest BCUT2D eigenvalue weighted by Gasteiger charge is 2.10. The highest BCUT2D eigenvalue weighted by Crippen LogP contribution is 2.16. The highest BCUT2D eigenvalue weighted by molar-refractivity contribution is 6.03. The molecule has 0 aliphatic heterocycles. The van der Waals surface area contributed by atoms with Crippen molar-refractivity contribution in [2.75, 3.05) is 5.32 Å². The largest absolute Gasteiger partial charge is 0.320 e. The second kappa shape index (κ2) is 5.00. The van der Waals surface area contributed by atoms with Gasteiger partial charge in [0.05, 0.1) is 0 Å². The second-order valence-electron chi connectivity index (χ2n) is 3.97. The number of rotatable bonds is 3. The number of anilines is 1. The van der Waals surface area contributed by atoms with Gasteiger partial charge in [0.25, 0.3) is 5.91 Å². The fourth-order valence-corrected chi connectivity index (χ4v) is 1.61. The van der Waals surface area contributed by atoms with Gasteiger partial charge in [0.1, 0.15) is 5.82 Å². The minimum absolute atomic E-state index is 0.295. The normalized spacial score (nSPS) is 10.4. The smallest absolute Gasteiger partial charge is 0.276 e. The predicted molar refractivity (Wildman–Crippen MR) is 67.0 cm³/mol. The third-order valence-corrected chi connectivity index (χ3v) is 2.63. The number of hydrogen-bond acceptors (Lipinski definition) is 2. The van der Waals surface area contributed by atoms with Gasteiger partial charge in [-0.15, -0.1) is 0 Å². The maximum absolute atomic E-state index is 12.9. The average Bonchev–Trinajstić information content (AvgIpc) is 2.81. The van der Waals surface area contributed by atoms with Crippen molar-refractivity contribution in [3.63, 3.8) is 0 Å². The van der Waals surface area contributed by atoms with Gasteiger partial charge in [-0.05, 0) is 43.7 Å². The Hall–Kier alpha value is -2.17. The van der Waals surface area contributed by atoms with E-state index in [1.165, 1.54) is 12.1 Å². The van der Waals surface area contributed by atoms with E-state index in [0.717, 1.165) is 0 Å². The summed E-state index contributed by atoms with van der Waals surface area (Å²) in [6, 6.07) is 5.88. The van der Waals surface area contributed by atoms with E-state index >= 15 is 0 Å². The standard InChI is InChI=1S/C13H14FN3O/c1-3-17-7-6-12(16-17)13(18)15-11-5-4-10(14)8-9(11)2/h4-8H,3H2,1-2H3,(H,15,18). The van der Waals surface area contributed by atoms with Crippen LogP contribution >= 0.6 is 0 Å².